The van der Waals surface area contributed by atoms with Crippen LogP contribution >= 0.6 is 0 Å². The molecule has 3 rings (SSSR count). The van der Waals surface area contributed by atoms with Crippen molar-refractivity contribution in [2.24, 2.45) is 0 Å². The van der Waals surface area contributed by atoms with Crippen molar-refractivity contribution >= 4 is 22.8 Å². The number of carbonyl (C=O) groups excluding carboxylic acids is 2. The van der Waals surface area contributed by atoms with Crippen molar-refractivity contribution in [3.8, 4) is 0 Å². The molecule has 3 aromatic rings. The minimum Gasteiger partial charge on any atom is -0.342 e. The van der Waals surface area contributed by atoms with Crippen LogP contribution in [-0.2, 0) is 11.3 Å². The Morgan fingerprint density at radius 1 is 0.938 bits per heavy atom. The summed E-state index contributed by atoms with van der Waals surface area (Å²) in [4.78, 5) is 33.0. The van der Waals surface area contributed by atoms with Gasteiger partial charge in [-0.3, -0.25) is 9.59 Å². The zero-order chi connectivity index (χ0) is 23.3. The Balaban J connectivity index is 1.93. The van der Waals surface area contributed by atoms with Crippen LogP contribution in [-0.4, -0.2) is 38.3 Å². The number of imidazole rings is 1. The van der Waals surface area contributed by atoms with Gasteiger partial charge < -0.3 is 14.8 Å². The van der Waals surface area contributed by atoms with E-state index in [9.17, 15) is 9.59 Å². The molecule has 0 fully saturated rings. The highest BCUT2D eigenvalue weighted by atomic mass is 16.2. The highest BCUT2D eigenvalue weighted by Gasteiger charge is 2.26. The highest BCUT2D eigenvalue weighted by Crippen LogP contribution is 2.23. The smallest absolute Gasteiger partial charge is 0.251 e. The van der Waals surface area contributed by atoms with Crippen LogP contribution in [0.2, 0.25) is 0 Å². The summed E-state index contributed by atoms with van der Waals surface area (Å²) < 4.78 is 1.95. The Bertz CT molecular complexity index is 1050. The van der Waals surface area contributed by atoms with E-state index in [2.05, 4.69) is 33.0 Å². The lowest BCUT2D eigenvalue weighted by Gasteiger charge is -2.34. The third-order valence-electron chi connectivity index (χ3n) is 6.17. The van der Waals surface area contributed by atoms with Gasteiger partial charge in [-0.25, -0.2) is 4.98 Å². The number of fused-ring (bicyclic) bond motifs is 1. The third kappa shape index (κ3) is 5.01. The number of aromatic nitrogens is 2. The minimum atomic E-state index is -0.358. The van der Waals surface area contributed by atoms with Gasteiger partial charge in [-0.05, 0) is 57.9 Å². The molecule has 6 heteroatoms. The summed E-state index contributed by atoms with van der Waals surface area (Å²) in [6.45, 7) is 10.5. The second-order valence-corrected chi connectivity index (χ2v) is 8.42. The summed E-state index contributed by atoms with van der Waals surface area (Å²) >= 11 is 0. The van der Waals surface area contributed by atoms with Crippen LogP contribution in [0.15, 0.2) is 54.6 Å². The van der Waals surface area contributed by atoms with Gasteiger partial charge in [0.2, 0.25) is 5.91 Å². The van der Waals surface area contributed by atoms with Crippen LogP contribution in [0, 0.1) is 0 Å². The minimum absolute atomic E-state index is 0.0692. The van der Waals surface area contributed by atoms with Crippen molar-refractivity contribution in [3.63, 3.8) is 0 Å². The molecule has 0 saturated carbocycles. The third-order valence-corrected chi connectivity index (χ3v) is 6.17. The SMILES string of the molecule is CCC(C)N(C(=O)Cn1c(C(C)NC(=O)c2ccccc2)nc2ccccc21)C(C)CC. The molecular weight excluding hydrogens is 400 g/mol. The molecule has 3 unspecified atom stereocenters. The van der Waals surface area contributed by atoms with Gasteiger partial charge in [0.15, 0.2) is 0 Å². The lowest BCUT2D eigenvalue weighted by Crippen LogP contribution is -2.46. The number of rotatable bonds is 9. The predicted molar refractivity (Wildman–Crippen MR) is 128 cm³/mol. The molecule has 2 aromatic carbocycles. The van der Waals surface area contributed by atoms with Crippen molar-refractivity contribution in [3.05, 3.63) is 66.0 Å². The van der Waals surface area contributed by atoms with Gasteiger partial charge in [-0.2, -0.15) is 0 Å². The van der Waals surface area contributed by atoms with Crippen molar-refractivity contribution in [2.75, 3.05) is 0 Å². The molecule has 0 spiro atoms. The van der Waals surface area contributed by atoms with Gasteiger partial charge >= 0.3 is 0 Å². The molecule has 0 aliphatic rings. The zero-order valence-corrected chi connectivity index (χ0v) is 19.7. The summed E-state index contributed by atoms with van der Waals surface area (Å²) in [6.07, 6.45) is 1.80. The zero-order valence-electron chi connectivity index (χ0n) is 19.7. The van der Waals surface area contributed by atoms with Gasteiger partial charge in [-0.15, -0.1) is 0 Å². The Morgan fingerprint density at radius 3 is 2.16 bits per heavy atom. The van der Waals surface area contributed by atoms with E-state index in [1.54, 1.807) is 12.1 Å². The fourth-order valence-electron chi connectivity index (χ4n) is 4.06. The maximum absolute atomic E-state index is 13.5. The van der Waals surface area contributed by atoms with Gasteiger partial charge in [-0.1, -0.05) is 44.2 Å². The van der Waals surface area contributed by atoms with E-state index < -0.39 is 0 Å². The number of carbonyl (C=O) groups is 2. The Labute approximate surface area is 190 Å². The molecule has 0 radical (unpaired) electrons. The Hall–Kier alpha value is -3.15. The molecule has 6 nitrogen and oxygen atoms in total. The van der Waals surface area contributed by atoms with Crippen molar-refractivity contribution in [1.82, 2.24) is 19.8 Å². The van der Waals surface area contributed by atoms with Crippen LogP contribution in [0.1, 0.15) is 69.7 Å². The molecule has 32 heavy (non-hydrogen) atoms. The van der Waals surface area contributed by atoms with E-state index >= 15 is 0 Å². The molecule has 1 N–H and O–H groups in total. The number of nitrogens with zero attached hydrogens (tertiary/aromatic N) is 3. The van der Waals surface area contributed by atoms with E-state index in [0.717, 1.165) is 23.9 Å². The molecule has 1 aromatic heterocycles. The number of hydrogen-bond donors (Lipinski definition) is 1. The number of para-hydroxylation sites is 2. The van der Waals surface area contributed by atoms with Gasteiger partial charge in [0.25, 0.3) is 5.91 Å². The average Bonchev–Trinajstić information content (AvgIpc) is 3.17. The van der Waals surface area contributed by atoms with Crippen LogP contribution < -0.4 is 5.32 Å². The van der Waals surface area contributed by atoms with E-state index in [4.69, 9.17) is 4.98 Å². The topological polar surface area (TPSA) is 67.2 Å². The molecule has 0 saturated heterocycles. The number of amides is 2. The Morgan fingerprint density at radius 2 is 1.53 bits per heavy atom. The summed E-state index contributed by atoms with van der Waals surface area (Å²) in [6, 6.07) is 16.9. The maximum atomic E-state index is 13.5. The van der Waals surface area contributed by atoms with Crippen LogP contribution in [0.4, 0.5) is 0 Å². The maximum Gasteiger partial charge on any atom is 0.251 e. The molecule has 1 heterocycles. The van der Waals surface area contributed by atoms with Crippen LogP contribution in [0.5, 0.6) is 0 Å². The molecule has 0 aliphatic heterocycles. The second kappa shape index (κ2) is 10.4. The lowest BCUT2D eigenvalue weighted by atomic mass is 10.1. The lowest BCUT2D eigenvalue weighted by molar-refractivity contribution is -0.136. The summed E-state index contributed by atoms with van der Waals surface area (Å²) in [5.74, 6) is 0.584. The largest absolute Gasteiger partial charge is 0.342 e. The monoisotopic (exact) mass is 434 g/mol. The first-order chi connectivity index (χ1) is 15.4. The average molecular weight is 435 g/mol. The summed E-state index contributed by atoms with van der Waals surface area (Å²) in [7, 11) is 0. The molecule has 0 bridgehead atoms. The number of nitrogens with one attached hydrogen (secondary N) is 1. The fraction of sp³-hybridized carbons (Fsp3) is 0.423. The van der Waals surface area contributed by atoms with E-state index in [-0.39, 0.29) is 36.5 Å². The van der Waals surface area contributed by atoms with E-state index in [0.29, 0.717) is 11.4 Å². The normalized spacial score (nSPS) is 14.0. The van der Waals surface area contributed by atoms with Crippen LogP contribution in [0.3, 0.4) is 0 Å². The molecule has 2 amide bonds. The first kappa shape index (κ1) is 23.5. The number of hydrogen-bond acceptors (Lipinski definition) is 3. The first-order valence-corrected chi connectivity index (χ1v) is 11.5. The van der Waals surface area contributed by atoms with Gasteiger partial charge in [0.1, 0.15) is 12.4 Å². The van der Waals surface area contributed by atoms with Crippen molar-refractivity contribution in [1.29, 1.82) is 0 Å². The highest BCUT2D eigenvalue weighted by molar-refractivity contribution is 5.94. The van der Waals surface area contributed by atoms with Crippen LogP contribution in [0.25, 0.3) is 11.0 Å². The van der Waals surface area contributed by atoms with Crippen molar-refractivity contribution in [2.45, 2.75) is 72.1 Å². The second-order valence-electron chi connectivity index (χ2n) is 8.42. The predicted octanol–water partition coefficient (Wildman–Crippen LogP) is 4.95. The molecule has 170 valence electrons. The first-order valence-electron chi connectivity index (χ1n) is 11.5. The van der Waals surface area contributed by atoms with Gasteiger partial charge in [0.05, 0.1) is 17.1 Å². The van der Waals surface area contributed by atoms with Gasteiger partial charge in [0, 0.05) is 17.6 Å². The number of benzene rings is 2. The molecular formula is C26H34N4O2. The van der Waals surface area contributed by atoms with E-state index in [1.807, 2.05) is 58.9 Å². The Kier molecular flexibility index (Phi) is 7.67. The summed E-state index contributed by atoms with van der Waals surface area (Å²) in [5, 5.41) is 3.04. The standard InChI is InChI=1S/C26H34N4O2/c1-6-18(3)30(19(4)7-2)24(31)17-29-23-16-12-11-15-22(23)28-25(29)20(5)27-26(32)21-13-9-8-10-14-21/h8-16,18-20H,6-7,17H2,1-5H3,(H,27,32). The fourth-order valence-corrected chi connectivity index (χ4v) is 4.06. The van der Waals surface area contributed by atoms with E-state index in [1.165, 1.54) is 0 Å². The quantitative estimate of drug-likeness (QED) is 0.518. The molecule has 3 atom stereocenters. The summed E-state index contributed by atoms with van der Waals surface area (Å²) in [5.41, 5.74) is 2.30. The molecule has 0 aliphatic carbocycles. The van der Waals surface area contributed by atoms with Crippen molar-refractivity contribution < 1.29 is 9.59 Å².